The summed E-state index contributed by atoms with van der Waals surface area (Å²) in [7, 11) is 0. The molecule has 0 atom stereocenters. The largest absolute Gasteiger partial charge is 0.220 e. The van der Waals surface area contributed by atoms with E-state index in [-0.39, 0.29) is 0 Å². The monoisotopic (exact) mass is 380 g/mol. The van der Waals surface area contributed by atoms with Crippen LogP contribution in [0.25, 0.3) is 5.69 Å². The Balaban J connectivity index is 1.51. The molecule has 0 unspecified atom stereocenters. The first kappa shape index (κ1) is 17.2. The van der Waals surface area contributed by atoms with Crippen LogP contribution in [0, 0.1) is 0 Å². The molecule has 0 saturated heterocycles. The summed E-state index contributed by atoms with van der Waals surface area (Å²) in [5.41, 5.74) is 0.957. The quantitative estimate of drug-likeness (QED) is 0.408. The molecule has 0 radical (unpaired) electrons. The molecule has 3 rings (SSSR count). The van der Waals surface area contributed by atoms with Crippen LogP contribution >= 0.6 is 35.3 Å². The molecule has 2 heterocycles. The molecule has 0 fully saturated rings. The predicted molar refractivity (Wildman–Crippen MR) is 96.8 cm³/mol. The van der Waals surface area contributed by atoms with Crippen LogP contribution in [0.4, 0.5) is 0 Å². The van der Waals surface area contributed by atoms with Crippen molar-refractivity contribution in [3.8, 4) is 5.69 Å². The lowest BCUT2D eigenvalue weighted by Crippen LogP contribution is -2.05. The topological polar surface area (TPSA) is 87.2 Å². The average molecular weight is 381 g/mol. The molecule has 11 heteroatoms. The summed E-state index contributed by atoms with van der Waals surface area (Å²) in [6.07, 6.45) is 2.07. The number of thioether (sulfide) groups is 3. The summed E-state index contributed by atoms with van der Waals surface area (Å²) in [5.74, 6) is 2.75. The van der Waals surface area contributed by atoms with Gasteiger partial charge in [0.15, 0.2) is 0 Å². The van der Waals surface area contributed by atoms with E-state index in [2.05, 4.69) is 37.3 Å². The van der Waals surface area contributed by atoms with Crippen molar-refractivity contribution in [2.75, 3.05) is 23.5 Å². The summed E-state index contributed by atoms with van der Waals surface area (Å²) in [6, 6.07) is 9.87. The number of nitrogens with zero attached hydrogens (tertiary/aromatic N) is 8. The molecule has 2 aromatic heterocycles. The highest BCUT2D eigenvalue weighted by Crippen LogP contribution is 2.21. The molecule has 8 nitrogen and oxygen atoms in total. The minimum atomic E-state index is 0.781. The van der Waals surface area contributed by atoms with E-state index in [1.54, 1.807) is 40.0 Å². The van der Waals surface area contributed by atoms with Gasteiger partial charge in [0.2, 0.25) is 10.3 Å². The van der Waals surface area contributed by atoms with Gasteiger partial charge >= 0.3 is 0 Å². The molecular formula is C13H16N8S3. The minimum absolute atomic E-state index is 0.781. The number of para-hydroxylation sites is 1. The van der Waals surface area contributed by atoms with Crippen LogP contribution < -0.4 is 0 Å². The Morgan fingerprint density at radius 2 is 1.58 bits per heavy atom. The van der Waals surface area contributed by atoms with E-state index in [0.29, 0.717) is 0 Å². The third-order valence-corrected chi connectivity index (χ3v) is 5.72. The highest BCUT2D eigenvalue weighted by atomic mass is 32.2. The molecule has 0 aliphatic rings. The lowest BCUT2D eigenvalue weighted by molar-refractivity contribution is 0.587. The third-order valence-electron chi connectivity index (χ3n) is 2.99. The van der Waals surface area contributed by atoms with Crippen molar-refractivity contribution in [3.05, 3.63) is 30.3 Å². The fourth-order valence-corrected chi connectivity index (χ4v) is 4.00. The Morgan fingerprint density at radius 3 is 2.38 bits per heavy atom. The van der Waals surface area contributed by atoms with Crippen LogP contribution in [-0.2, 0) is 6.54 Å². The first-order valence-electron chi connectivity index (χ1n) is 7.23. The SMILES string of the molecule is CSCCn1nnnc1SCCSc1nnnn1-c1ccccc1. The van der Waals surface area contributed by atoms with Gasteiger partial charge in [0, 0.05) is 17.3 Å². The molecule has 0 aliphatic heterocycles. The van der Waals surface area contributed by atoms with Gasteiger partial charge in [0.1, 0.15) is 0 Å². The molecule has 0 bridgehead atoms. The van der Waals surface area contributed by atoms with Crippen molar-refractivity contribution in [1.82, 2.24) is 40.4 Å². The van der Waals surface area contributed by atoms with Crippen molar-refractivity contribution in [2.24, 2.45) is 0 Å². The van der Waals surface area contributed by atoms with Crippen molar-refractivity contribution >= 4 is 35.3 Å². The summed E-state index contributed by atoms with van der Waals surface area (Å²) in [4.78, 5) is 0. The molecule has 0 N–H and O–H groups in total. The number of tetrazole rings is 2. The first-order chi connectivity index (χ1) is 11.9. The Kier molecular flexibility index (Phi) is 6.49. The predicted octanol–water partition coefficient (Wildman–Crippen LogP) is 1.90. The maximum absolute atomic E-state index is 4.09. The lowest BCUT2D eigenvalue weighted by atomic mass is 10.3. The second kappa shape index (κ2) is 9.04. The standard InChI is InChI=1S/C13H16N8S3/c1-22-8-7-20-12(14-16-18-20)23-9-10-24-13-15-17-19-21(13)11-5-3-2-4-6-11/h2-6H,7-10H2,1H3. The summed E-state index contributed by atoms with van der Waals surface area (Å²) in [6.45, 7) is 0.829. The van der Waals surface area contributed by atoms with Gasteiger partial charge in [-0.1, -0.05) is 41.7 Å². The zero-order chi connectivity index (χ0) is 16.6. The van der Waals surface area contributed by atoms with Crippen molar-refractivity contribution < 1.29 is 0 Å². The molecular weight excluding hydrogens is 364 g/mol. The number of rotatable bonds is 9. The van der Waals surface area contributed by atoms with E-state index >= 15 is 0 Å². The Hall–Kier alpha value is -1.59. The van der Waals surface area contributed by atoms with Crippen LogP contribution in [0.3, 0.4) is 0 Å². The Bertz CT molecular complexity index is 745. The van der Waals surface area contributed by atoms with Gasteiger partial charge < -0.3 is 0 Å². The summed E-state index contributed by atoms with van der Waals surface area (Å²) < 4.78 is 3.59. The fraction of sp³-hybridized carbons (Fsp3) is 0.385. The highest BCUT2D eigenvalue weighted by molar-refractivity contribution is 8.02. The molecule has 0 saturated carbocycles. The van der Waals surface area contributed by atoms with E-state index in [4.69, 9.17) is 0 Å². The van der Waals surface area contributed by atoms with Gasteiger partial charge in [0.05, 0.1) is 12.2 Å². The summed E-state index contributed by atoms with van der Waals surface area (Å²) >= 11 is 5.04. The highest BCUT2D eigenvalue weighted by Gasteiger charge is 2.10. The Labute approximate surface area is 152 Å². The van der Waals surface area contributed by atoms with Crippen molar-refractivity contribution in [2.45, 2.75) is 16.9 Å². The van der Waals surface area contributed by atoms with E-state index in [1.807, 2.05) is 35.0 Å². The number of aryl methyl sites for hydroxylation is 1. The fourth-order valence-electron chi connectivity index (χ4n) is 1.88. The number of benzene rings is 1. The van der Waals surface area contributed by atoms with Gasteiger partial charge in [-0.15, -0.1) is 10.2 Å². The molecule has 0 spiro atoms. The van der Waals surface area contributed by atoms with Crippen molar-refractivity contribution in [1.29, 1.82) is 0 Å². The number of hydrogen-bond donors (Lipinski definition) is 0. The van der Waals surface area contributed by atoms with Gasteiger partial charge in [0.25, 0.3) is 0 Å². The van der Waals surface area contributed by atoms with E-state index in [0.717, 1.165) is 39.8 Å². The van der Waals surface area contributed by atoms with E-state index in [1.165, 1.54) is 0 Å². The van der Waals surface area contributed by atoms with E-state index in [9.17, 15) is 0 Å². The minimum Gasteiger partial charge on any atom is -0.220 e. The normalized spacial score (nSPS) is 11.0. The number of hydrogen-bond acceptors (Lipinski definition) is 9. The molecule has 24 heavy (non-hydrogen) atoms. The maximum Gasteiger partial charge on any atom is 0.214 e. The number of aromatic nitrogens is 8. The van der Waals surface area contributed by atoms with Gasteiger partial charge in [-0.05, 0) is 39.2 Å². The van der Waals surface area contributed by atoms with Crippen LogP contribution in [0.1, 0.15) is 0 Å². The maximum atomic E-state index is 4.09. The summed E-state index contributed by atoms with van der Waals surface area (Å²) in [5, 5.41) is 25.4. The average Bonchev–Trinajstić information content (AvgIpc) is 3.27. The molecule has 3 aromatic rings. The zero-order valence-corrected chi connectivity index (χ0v) is 15.5. The molecule has 0 aliphatic carbocycles. The lowest BCUT2D eigenvalue weighted by Gasteiger charge is -2.04. The second-order valence-corrected chi connectivity index (χ2v) is 7.69. The van der Waals surface area contributed by atoms with Gasteiger partial charge in [-0.2, -0.15) is 16.4 Å². The van der Waals surface area contributed by atoms with Crippen LogP contribution in [0.5, 0.6) is 0 Å². The van der Waals surface area contributed by atoms with Crippen LogP contribution in [0.15, 0.2) is 40.6 Å². The van der Waals surface area contributed by atoms with Crippen molar-refractivity contribution in [3.63, 3.8) is 0 Å². The van der Waals surface area contributed by atoms with Gasteiger partial charge in [-0.25, -0.2) is 4.68 Å². The molecule has 1 aromatic carbocycles. The zero-order valence-electron chi connectivity index (χ0n) is 13.0. The first-order valence-corrected chi connectivity index (χ1v) is 10.6. The second-order valence-electron chi connectivity index (χ2n) is 4.58. The Morgan fingerprint density at radius 1 is 0.875 bits per heavy atom. The van der Waals surface area contributed by atoms with Gasteiger partial charge in [-0.3, -0.25) is 0 Å². The van der Waals surface area contributed by atoms with Crippen LogP contribution in [0.2, 0.25) is 0 Å². The molecule has 126 valence electrons. The van der Waals surface area contributed by atoms with Crippen LogP contribution in [-0.4, -0.2) is 63.9 Å². The molecule has 0 amide bonds. The smallest absolute Gasteiger partial charge is 0.214 e. The third kappa shape index (κ3) is 4.48. The van der Waals surface area contributed by atoms with E-state index < -0.39 is 0 Å².